The SMILES string of the molecule is C[C@H](OC(=O)[C@H]1COc2ccccc2O1)C(=O)Nc1ccc(S(N)(=O)=O)cc1. The summed E-state index contributed by atoms with van der Waals surface area (Å²) in [6.45, 7) is 1.38. The van der Waals surface area contributed by atoms with E-state index in [2.05, 4.69) is 5.32 Å². The molecule has 28 heavy (non-hydrogen) atoms. The number of sulfonamides is 1. The Labute approximate surface area is 161 Å². The van der Waals surface area contributed by atoms with Crippen LogP contribution in [-0.4, -0.2) is 39.1 Å². The van der Waals surface area contributed by atoms with Crippen LogP contribution in [0.15, 0.2) is 53.4 Å². The molecule has 0 aliphatic carbocycles. The highest BCUT2D eigenvalue weighted by Crippen LogP contribution is 2.31. The summed E-state index contributed by atoms with van der Waals surface area (Å²) in [7, 11) is -3.82. The molecule has 0 radical (unpaired) electrons. The van der Waals surface area contributed by atoms with E-state index in [1.807, 2.05) is 0 Å². The van der Waals surface area contributed by atoms with Gasteiger partial charge in [0.05, 0.1) is 4.90 Å². The highest BCUT2D eigenvalue weighted by Gasteiger charge is 2.31. The lowest BCUT2D eigenvalue weighted by molar-refractivity contribution is -0.162. The van der Waals surface area contributed by atoms with E-state index in [-0.39, 0.29) is 11.5 Å². The minimum atomic E-state index is -3.82. The van der Waals surface area contributed by atoms with Crippen LogP contribution in [0, 0.1) is 0 Å². The number of fused-ring (bicyclic) bond motifs is 1. The molecule has 1 aliphatic rings. The van der Waals surface area contributed by atoms with Crippen LogP contribution in [0.4, 0.5) is 5.69 Å². The maximum atomic E-state index is 12.2. The molecule has 148 valence electrons. The fourth-order valence-corrected chi connectivity index (χ4v) is 2.93. The maximum absolute atomic E-state index is 12.2. The van der Waals surface area contributed by atoms with Crippen molar-refractivity contribution in [2.45, 2.75) is 24.0 Å². The molecule has 3 rings (SSSR count). The second kappa shape index (κ2) is 7.87. The summed E-state index contributed by atoms with van der Waals surface area (Å²) in [5, 5.41) is 7.54. The number of nitrogens with two attached hydrogens (primary N) is 1. The lowest BCUT2D eigenvalue weighted by Crippen LogP contribution is -2.41. The first-order valence-corrected chi connectivity index (χ1v) is 9.81. The zero-order valence-electron chi connectivity index (χ0n) is 14.8. The Morgan fingerprint density at radius 2 is 1.79 bits per heavy atom. The Morgan fingerprint density at radius 3 is 2.43 bits per heavy atom. The second-order valence-corrected chi connectivity index (χ2v) is 7.56. The predicted molar refractivity (Wildman–Crippen MR) is 98.4 cm³/mol. The van der Waals surface area contributed by atoms with Crippen LogP contribution in [0.25, 0.3) is 0 Å². The van der Waals surface area contributed by atoms with Crippen molar-refractivity contribution in [2.24, 2.45) is 5.14 Å². The molecule has 0 saturated carbocycles. The van der Waals surface area contributed by atoms with Crippen LogP contribution in [0.1, 0.15) is 6.92 Å². The average Bonchev–Trinajstić information content (AvgIpc) is 2.67. The van der Waals surface area contributed by atoms with Gasteiger partial charge in [-0.1, -0.05) is 12.1 Å². The van der Waals surface area contributed by atoms with Crippen molar-refractivity contribution in [3.63, 3.8) is 0 Å². The summed E-state index contributed by atoms with van der Waals surface area (Å²) in [4.78, 5) is 24.4. The van der Waals surface area contributed by atoms with Gasteiger partial charge in [0.25, 0.3) is 5.91 Å². The standard InChI is InChI=1S/C18H18N2O7S/c1-11(17(21)20-12-6-8-13(9-7-12)28(19,23)24)26-18(22)16-10-25-14-4-2-3-5-15(14)27-16/h2-9,11,16H,10H2,1H3,(H,20,21)(H2,19,23,24)/t11-,16+/m0/s1. The molecule has 9 nitrogen and oxygen atoms in total. The molecule has 0 bridgehead atoms. The van der Waals surface area contributed by atoms with E-state index in [9.17, 15) is 18.0 Å². The monoisotopic (exact) mass is 406 g/mol. The number of benzene rings is 2. The number of rotatable bonds is 5. The van der Waals surface area contributed by atoms with Crippen LogP contribution >= 0.6 is 0 Å². The molecule has 2 aromatic rings. The topological polar surface area (TPSA) is 134 Å². The number of ether oxygens (including phenoxy) is 3. The van der Waals surface area contributed by atoms with Gasteiger partial charge in [-0.05, 0) is 43.3 Å². The summed E-state index contributed by atoms with van der Waals surface area (Å²) in [5.41, 5.74) is 0.325. The summed E-state index contributed by atoms with van der Waals surface area (Å²) >= 11 is 0. The van der Waals surface area contributed by atoms with Crippen LogP contribution in [-0.2, 0) is 24.3 Å². The molecule has 3 N–H and O–H groups in total. The molecular formula is C18H18N2O7S. The summed E-state index contributed by atoms with van der Waals surface area (Å²) < 4.78 is 38.6. The molecule has 0 fully saturated rings. The minimum Gasteiger partial charge on any atom is -0.485 e. The van der Waals surface area contributed by atoms with E-state index in [0.717, 1.165) is 0 Å². The van der Waals surface area contributed by atoms with Crippen LogP contribution in [0.5, 0.6) is 11.5 Å². The normalized spacial score (nSPS) is 16.7. The Hall–Kier alpha value is -3.11. The lowest BCUT2D eigenvalue weighted by Gasteiger charge is -2.25. The molecule has 0 saturated heterocycles. The van der Waals surface area contributed by atoms with Crippen LogP contribution < -0.4 is 19.9 Å². The van der Waals surface area contributed by atoms with Gasteiger partial charge in [0, 0.05) is 5.69 Å². The number of para-hydroxylation sites is 2. The average molecular weight is 406 g/mol. The third-order valence-corrected chi connectivity index (χ3v) is 4.81. The summed E-state index contributed by atoms with van der Waals surface area (Å²) in [6, 6.07) is 12.2. The second-order valence-electron chi connectivity index (χ2n) is 6.00. The number of hydrogen-bond acceptors (Lipinski definition) is 7. The van der Waals surface area contributed by atoms with Crippen molar-refractivity contribution >= 4 is 27.6 Å². The van der Waals surface area contributed by atoms with Crippen molar-refractivity contribution < 1.29 is 32.2 Å². The largest absolute Gasteiger partial charge is 0.485 e. The number of carbonyl (C=O) groups is 2. The molecular weight excluding hydrogens is 388 g/mol. The molecule has 2 aromatic carbocycles. The van der Waals surface area contributed by atoms with Gasteiger partial charge in [0.15, 0.2) is 17.6 Å². The molecule has 0 spiro atoms. The zero-order chi connectivity index (χ0) is 20.3. The molecule has 1 aliphatic heterocycles. The summed E-state index contributed by atoms with van der Waals surface area (Å²) in [5.74, 6) is -0.376. The van der Waals surface area contributed by atoms with Crippen molar-refractivity contribution in [1.82, 2.24) is 0 Å². The number of primary sulfonamides is 1. The number of nitrogens with one attached hydrogen (secondary N) is 1. The quantitative estimate of drug-likeness (QED) is 0.709. The van der Waals surface area contributed by atoms with Gasteiger partial charge in [0.2, 0.25) is 16.1 Å². The molecule has 1 amide bonds. The number of esters is 1. The Kier molecular flexibility index (Phi) is 5.52. The molecule has 1 heterocycles. The third kappa shape index (κ3) is 4.59. The maximum Gasteiger partial charge on any atom is 0.351 e. The van der Waals surface area contributed by atoms with Crippen molar-refractivity contribution in [1.29, 1.82) is 0 Å². The predicted octanol–water partition coefficient (Wildman–Crippen LogP) is 1.04. The van der Waals surface area contributed by atoms with Gasteiger partial charge in [-0.15, -0.1) is 0 Å². The zero-order valence-corrected chi connectivity index (χ0v) is 15.6. The van der Waals surface area contributed by atoms with Gasteiger partial charge >= 0.3 is 5.97 Å². The molecule has 0 unspecified atom stereocenters. The van der Waals surface area contributed by atoms with E-state index >= 15 is 0 Å². The minimum absolute atomic E-state index is 0.0286. The van der Waals surface area contributed by atoms with E-state index in [1.54, 1.807) is 24.3 Å². The van der Waals surface area contributed by atoms with E-state index in [4.69, 9.17) is 19.3 Å². The van der Waals surface area contributed by atoms with Crippen molar-refractivity contribution in [3.8, 4) is 11.5 Å². The first-order chi connectivity index (χ1) is 13.2. The van der Waals surface area contributed by atoms with Gasteiger partial charge in [0.1, 0.15) is 6.61 Å². The first kappa shape index (κ1) is 19.6. The Bertz CT molecular complexity index is 989. The fourth-order valence-electron chi connectivity index (χ4n) is 2.41. The van der Waals surface area contributed by atoms with E-state index < -0.39 is 34.1 Å². The number of carbonyl (C=O) groups excluding carboxylic acids is 2. The summed E-state index contributed by atoms with van der Waals surface area (Å²) in [6.07, 6.45) is -2.09. The van der Waals surface area contributed by atoms with Crippen molar-refractivity contribution in [2.75, 3.05) is 11.9 Å². The van der Waals surface area contributed by atoms with Gasteiger partial charge < -0.3 is 19.5 Å². The Balaban J connectivity index is 1.56. The molecule has 2 atom stereocenters. The first-order valence-electron chi connectivity index (χ1n) is 8.27. The molecule has 0 aromatic heterocycles. The van der Waals surface area contributed by atoms with E-state index in [1.165, 1.54) is 31.2 Å². The van der Waals surface area contributed by atoms with E-state index in [0.29, 0.717) is 17.2 Å². The highest BCUT2D eigenvalue weighted by molar-refractivity contribution is 7.89. The highest BCUT2D eigenvalue weighted by atomic mass is 32.2. The van der Waals surface area contributed by atoms with Crippen LogP contribution in [0.3, 0.4) is 0 Å². The van der Waals surface area contributed by atoms with Gasteiger partial charge in [-0.3, -0.25) is 4.79 Å². The van der Waals surface area contributed by atoms with Gasteiger partial charge in [-0.25, -0.2) is 18.4 Å². The lowest BCUT2D eigenvalue weighted by atomic mass is 10.2. The number of hydrogen-bond donors (Lipinski definition) is 2. The fraction of sp³-hybridized carbons (Fsp3) is 0.222. The van der Waals surface area contributed by atoms with Crippen molar-refractivity contribution in [3.05, 3.63) is 48.5 Å². The number of anilines is 1. The third-order valence-electron chi connectivity index (χ3n) is 3.88. The van der Waals surface area contributed by atoms with Gasteiger partial charge in [-0.2, -0.15) is 0 Å². The number of amides is 1. The molecule has 10 heteroatoms. The Morgan fingerprint density at radius 1 is 1.14 bits per heavy atom. The van der Waals surface area contributed by atoms with Crippen LogP contribution in [0.2, 0.25) is 0 Å². The smallest absolute Gasteiger partial charge is 0.351 e.